The van der Waals surface area contributed by atoms with Crippen LogP contribution in [0.3, 0.4) is 0 Å². The Morgan fingerprint density at radius 3 is 2.88 bits per heavy atom. The zero-order chi connectivity index (χ0) is 11.8. The quantitative estimate of drug-likeness (QED) is 0.752. The highest BCUT2D eigenvalue weighted by Gasteiger charge is 2.24. The number of aliphatic imine (C=N–C) groups is 1. The molecule has 4 nitrogen and oxygen atoms in total. The smallest absolute Gasteiger partial charge is 0.127 e. The first kappa shape index (κ1) is 10.4. The van der Waals surface area contributed by atoms with Crippen LogP contribution in [-0.2, 0) is 0 Å². The lowest BCUT2D eigenvalue weighted by atomic mass is 9.94. The summed E-state index contributed by atoms with van der Waals surface area (Å²) in [5.41, 5.74) is 1.99. The van der Waals surface area contributed by atoms with Crippen LogP contribution < -0.4 is 0 Å². The highest BCUT2D eigenvalue weighted by molar-refractivity contribution is 5.93. The molecule has 1 aliphatic rings. The Morgan fingerprint density at radius 2 is 2.12 bits per heavy atom. The van der Waals surface area contributed by atoms with E-state index in [0.29, 0.717) is 11.8 Å². The summed E-state index contributed by atoms with van der Waals surface area (Å²) in [5, 5.41) is 8.37. The molecule has 1 aromatic heterocycles. The van der Waals surface area contributed by atoms with Crippen molar-refractivity contribution >= 4 is 16.9 Å². The van der Waals surface area contributed by atoms with Crippen molar-refractivity contribution < 1.29 is 0 Å². The van der Waals surface area contributed by atoms with E-state index in [0.717, 1.165) is 29.8 Å². The Labute approximate surface area is 100 Å². The van der Waals surface area contributed by atoms with E-state index >= 15 is 0 Å². The van der Waals surface area contributed by atoms with Gasteiger partial charge in [-0.2, -0.15) is 4.68 Å². The molecule has 4 heteroatoms. The van der Waals surface area contributed by atoms with Crippen molar-refractivity contribution in [2.45, 2.75) is 20.3 Å². The van der Waals surface area contributed by atoms with Gasteiger partial charge in [-0.3, -0.25) is 4.99 Å². The van der Waals surface area contributed by atoms with E-state index in [1.165, 1.54) is 0 Å². The van der Waals surface area contributed by atoms with E-state index in [2.05, 4.69) is 29.2 Å². The number of nitrogens with zero attached hydrogens (tertiary/aromatic N) is 4. The number of benzene rings is 1. The summed E-state index contributed by atoms with van der Waals surface area (Å²) in [5.74, 6) is 2.37. The van der Waals surface area contributed by atoms with Gasteiger partial charge >= 0.3 is 0 Å². The third-order valence-corrected chi connectivity index (χ3v) is 3.49. The second kappa shape index (κ2) is 3.95. The Hall–Kier alpha value is -1.71. The van der Waals surface area contributed by atoms with Crippen LogP contribution in [0.2, 0.25) is 0 Å². The lowest BCUT2D eigenvalue weighted by Crippen LogP contribution is -2.15. The van der Waals surface area contributed by atoms with Gasteiger partial charge in [0.25, 0.3) is 0 Å². The van der Waals surface area contributed by atoms with Crippen molar-refractivity contribution in [3.8, 4) is 0 Å². The first-order chi connectivity index (χ1) is 8.25. The topological polar surface area (TPSA) is 43.1 Å². The standard InChI is InChI=1S/C13H16N4/c1-9(2)10-7-13(14-8-10)17-12-6-4-3-5-11(12)15-16-17/h3-6,9-10H,7-8H2,1-2H3. The SMILES string of the molecule is CC(C)C1CN=C(n2nnc3ccccc32)C1. The summed E-state index contributed by atoms with van der Waals surface area (Å²) < 4.78 is 1.89. The summed E-state index contributed by atoms with van der Waals surface area (Å²) in [6.07, 6.45) is 1.00. The van der Waals surface area contributed by atoms with Crippen molar-refractivity contribution in [1.82, 2.24) is 15.0 Å². The fourth-order valence-corrected chi connectivity index (χ4v) is 2.25. The molecule has 2 heterocycles. The number of fused-ring (bicyclic) bond motifs is 1. The third-order valence-electron chi connectivity index (χ3n) is 3.49. The Balaban J connectivity index is 1.96. The van der Waals surface area contributed by atoms with Gasteiger partial charge in [-0.15, -0.1) is 5.10 Å². The number of hydrogen-bond donors (Lipinski definition) is 0. The summed E-state index contributed by atoms with van der Waals surface area (Å²) in [7, 11) is 0. The van der Waals surface area contributed by atoms with Crippen molar-refractivity contribution in [3.63, 3.8) is 0 Å². The Morgan fingerprint density at radius 1 is 1.29 bits per heavy atom. The highest BCUT2D eigenvalue weighted by atomic mass is 15.4. The van der Waals surface area contributed by atoms with Crippen LogP contribution >= 0.6 is 0 Å². The maximum absolute atomic E-state index is 4.61. The van der Waals surface area contributed by atoms with Crippen molar-refractivity contribution in [1.29, 1.82) is 0 Å². The molecule has 0 N–H and O–H groups in total. The molecular formula is C13H16N4. The largest absolute Gasteiger partial charge is 0.270 e. The minimum atomic E-state index is 0.646. The van der Waals surface area contributed by atoms with Crippen LogP contribution in [0.1, 0.15) is 20.3 Å². The molecule has 1 atom stereocenters. The van der Waals surface area contributed by atoms with Crippen LogP contribution in [0.5, 0.6) is 0 Å². The zero-order valence-corrected chi connectivity index (χ0v) is 10.2. The summed E-state index contributed by atoms with van der Waals surface area (Å²) in [6.45, 7) is 5.42. The molecule has 0 radical (unpaired) electrons. The second-order valence-electron chi connectivity index (χ2n) is 4.96. The Kier molecular flexibility index (Phi) is 2.42. The van der Waals surface area contributed by atoms with Crippen LogP contribution in [0, 0.1) is 11.8 Å². The second-order valence-corrected chi connectivity index (χ2v) is 4.96. The fraction of sp³-hybridized carbons (Fsp3) is 0.462. The normalized spacial score (nSPS) is 20.2. The minimum absolute atomic E-state index is 0.646. The van der Waals surface area contributed by atoms with E-state index in [-0.39, 0.29) is 0 Å². The molecule has 17 heavy (non-hydrogen) atoms. The molecule has 3 rings (SSSR count). The highest BCUT2D eigenvalue weighted by Crippen LogP contribution is 2.23. The zero-order valence-electron chi connectivity index (χ0n) is 10.2. The van der Waals surface area contributed by atoms with E-state index in [1.807, 2.05) is 28.9 Å². The number of aromatic nitrogens is 3. The van der Waals surface area contributed by atoms with Crippen LogP contribution in [-0.4, -0.2) is 27.4 Å². The van der Waals surface area contributed by atoms with Gasteiger partial charge in [0.05, 0.1) is 5.52 Å². The maximum atomic E-state index is 4.61. The van der Waals surface area contributed by atoms with E-state index in [4.69, 9.17) is 0 Å². The molecule has 0 spiro atoms. The molecule has 0 aliphatic carbocycles. The number of rotatable bonds is 1. The van der Waals surface area contributed by atoms with Gasteiger partial charge in [0.15, 0.2) is 0 Å². The monoisotopic (exact) mass is 228 g/mol. The van der Waals surface area contributed by atoms with E-state index < -0.39 is 0 Å². The van der Waals surface area contributed by atoms with Gasteiger partial charge < -0.3 is 0 Å². The lowest BCUT2D eigenvalue weighted by molar-refractivity contribution is 0.424. The van der Waals surface area contributed by atoms with Crippen LogP contribution in [0.15, 0.2) is 29.3 Å². The molecule has 1 unspecified atom stereocenters. The molecule has 1 aromatic carbocycles. The molecule has 0 amide bonds. The Bertz CT molecular complexity index is 568. The minimum Gasteiger partial charge on any atom is -0.270 e. The molecule has 2 aromatic rings. The molecule has 0 bridgehead atoms. The maximum Gasteiger partial charge on any atom is 0.127 e. The predicted molar refractivity (Wildman–Crippen MR) is 68.2 cm³/mol. The first-order valence-corrected chi connectivity index (χ1v) is 6.10. The summed E-state index contributed by atoms with van der Waals surface area (Å²) in [6, 6.07) is 8.02. The van der Waals surface area contributed by atoms with Crippen molar-refractivity contribution in [2.75, 3.05) is 6.54 Å². The average Bonchev–Trinajstić information content (AvgIpc) is 2.95. The molecule has 0 saturated carbocycles. The molecular weight excluding hydrogens is 212 g/mol. The van der Waals surface area contributed by atoms with Gasteiger partial charge in [0.2, 0.25) is 0 Å². The van der Waals surface area contributed by atoms with Gasteiger partial charge in [0.1, 0.15) is 11.4 Å². The van der Waals surface area contributed by atoms with Gasteiger partial charge in [0, 0.05) is 13.0 Å². The van der Waals surface area contributed by atoms with Gasteiger partial charge in [-0.1, -0.05) is 31.2 Å². The number of para-hydroxylation sites is 1. The number of hydrogen-bond acceptors (Lipinski definition) is 3. The molecule has 88 valence electrons. The van der Waals surface area contributed by atoms with E-state index in [9.17, 15) is 0 Å². The average molecular weight is 228 g/mol. The molecule has 0 fully saturated rings. The molecule has 0 saturated heterocycles. The third kappa shape index (κ3) is 1.73. The van der Waals surface area contributed by atoms with Gasteiger partial charge in [-0.25, -0.2) is 0 Å². The van der Waals surface area contributed by atoms with Crippen LogP contribution in [0.25, 0.3) is 11.0 Å². The van der Waals surface area contributed by atoms with Crippen LogP contribution in [0.4, 0.5) is 0 Å². The first-order valence-electron chi connectivity index (χ1n) is 6.10. The van der Waals surface area contributed by atoms with Gasteiger partial charge in [-0.05, 0) is 24.0 Å². The summed E-state index contributed by atoms with van der Waals surface area (Å²) in [4.78, 5) is 4.61. The van der Waals surface area contributed by atoms with E-state index in [1.54, 1.807) is 0 Å². The fourth-order valence-electron chi connectivity index (χ4n) is 2.25. The van der Waals surface area contributed by atoms with Crippen molar-refractivity contribution in [2.24, 2.45) is 16.8 Å². The van der Waals surface area contributed by atoms with Crippen molar-refractivity contribution in [3.05, 3.63) is 24.3 Å². The lowest BCUT2D eigenvalue weighted by Gasteiger charge is -2.11. The molecule has 1 aliphatic heterocycles. The predicted octanol–water partition coefficient (Wildman–Crippen LogP) is 2.35. The summed E-state index contributed by atoms with van der Waals surface area (Å²) >= 11 is 0.